The summed E-state index contributed by atoms with van der Waals surface area (Å²) in [6, 6.07) is 0. The van der Waals surface area contributed by atoms with Crippen LogP contribution >= 0.6 is 0 Å². The Morgan fingerprint density at radius 3 is 2.60 bits per heavy atom. The van der Waals surface area contributed by atoms with Gasteiger partial charge in [-0.1, -0.05) is 0 Å². The van der Waals surface area contributed by atoms with Crippen LogP contribution in [0.3, 0.4) is 0 Å². The van der Waals surface area contributed by atoms with Gasteiger partial charge in [0.1, 0.15) is 0 Å². The summed E-state index contributed by atoms with van der Waals surface area (Å²) in [5.74, 6) is -0.512. The van der Waals surface area contributed by atoms with Gasteiger partial charge in [-0.15, -0.1) is 0 Å². The molecule has 1 aliphatic rings. The third kappa shape index (κ3) is 5.46. The molecule has 0 amide bonds. The molecule has 6 heteroatoms. The molecule has 15 heavy (non-hydrogen) atoms. The molecule has 0 N–H and O–H groups in total. The number of hydrogen-bond donors (Lipinski definition) is 0. The maximum Gasteiger partial charge on any atom is 0.264 e. The Kier molecular flexibility index (Phi) is 4.11. The van der Waals surface area contributed by atoms with Crippen molar-refractivity contribution in [2.24, 2.45) is 0 Å². The second-order valence-corrected chi connectivity index (χ2v) is 5.76. The Balaban J connectivity index is 2.12. The van der Waals surface area contributed by atoms with Crippen LogP contribution in [0.1, 0.15) is 26.7 Å². The molecule has 0 aromatic heterocycles. The van der Waals surface area contributed by atoms with Crippen LogP contribution < -0.4 is 0 Å². The highest BCUT2D eigenvalue weighted by Crippen LogP contribution is 2.24. The molecule has 1 atom stereocenters. The first-order valence-electron chi connectivity index (χ1n) is 4.95. The predicted octanol–water partition coefficient (Wildman–Crippen LogP) is 0.894. The van der Waals surface area contributed by atoms with Gasteiger partial charge in [0.25, 0.3) is 10.1 Å². The van der Waals surface area contributed by atoms with Crippen LogP contribution in [0.2, 0.25) is 0 Å². The quantitative estimate of drug-likeness (QED) is 0.526. The molecule has 1 saturated heterocycles. The average molecular weight is 238 g/mol. The Morgan fingerprint density at radius 1 is 1.47 bits per heavy atom. The molecular weight excluding hydrogens is 220 g/mol. The van der Waals surface area contributed by atoms with Crippen molar-refractivity contribution in [2.45, 2.75) is 38.6 Å². The first-order chi connectivity index (χ1) is 6.79. The fourth-order valence-corrected chi connectivity index (χ4v) is 1.85. The highest BCUT2D eigenvalue weighted by atomic mass is 32.2. The van der Waals surface area contributed by atoms with Crippen LogP contribution in [0.25, 0.3) is 0 Å². The van der Waals surface area contributed by atoms with E-state index in [1.54, 1.807) is 0 Å². The van der Waals surface area contributed by atoms with Crippen molar-refractivity contribution in [2.75, 3.05) is 19.5 Å². The summed E-state index contributed by atoms with van der Waals surface area (Å²) in [5.41, 5.74) is 0. The Bertz CT molecular complexity index is 296. The molecule has 1 rings (SSSR count). The lowest BCUT2D eigenvalue weighted by molar-refractivity contribution is -0.139. The molecule has 0 radical (unpaired) electrons. The van der Waals surface area contributed by atoms with Crippen molar-refractivity contribution in [1.82, 2.24) is 0 Å². The molecule has 0 saturated carbocycles. The van der Waals surface area contributed by atoms with Crippen molar-refractivity contribution < 1.29 is 22.1 Å². The number of hydrogen-bond acceptors (Lipinski definition) is 5. The van der Waals surface area contributed by atoms with Gasteiger partial charge in [0.15, 0.2) is 5.79 Å². The van der Waals surface area contributed by atoms with Crippen LogP contribution in [0.4, 0.5) is 0 Å². The van der Waals surface area contributed by atoms with Gasteiger partial charge in [-0.05, 0) is 26.7 Å². The van der Waals surface area contributed by atoms with E-state index in [0.717, 1.165) is 12.7 Å². The third-order valence-electron chi connectivity index (χ3n) is 2.04. The van der Waals surface area contributed by atoms with Gasteiger partial charge < -0.3 is 9.47 Å². The lowest BCUT2D eigenvalue weighted by Crippen LogP contribution is -2.21. The largest absolute Gasteiger partial charge is 0.348 e. The summed E-state index contributed by atoms with van der Waals surface area (Å²) in [4.78, 5) is 0. The molecule has 1 heterocycles. The Morgan fingerprint density at radius 2 is 2.13 bits per heavy atom. The molecule has 0 aliphatic carbocycles. The minimum Gasteiger partial charge on any atom is -0.348 e. The van der Waals surface area contributed by atoms with Gasteiger partial charge in [-0.25, -0.2) is 0 Å². The van der Waals surface area contributed by atoms with E-state index >= 15 is 0 Å². The third-order valence-corrected chi connectivity index (χ3v) is 2.63. The standard InChI is InChI=1S/C9H18O5S/c1-9(2)12-7-8(14-9)5-4-6-13-15(3,10)11/h8H,4-7H2,1-3H3/t8-/m0/s1. The summed E-state index contributed by atoms with van der Waals surface area (Å²) >= 11 is 0. The van der Waals surface area contributed by atoms with E-state index in [2.05, 4.69) is 4.18 Å². The van der Waals surface area contributed by atoms with Gasteiger partial charge in [0.2, 0.25) is 0 Å². The van der Waals surface area contributed by atoms with Crippen LogP contribution in [0, 0.1) is 0 Å². The van der Waals surface area contributed by atoms with Gasteiger partial charge in [-0.2, -0.15) is 8.42 Å². The molecule has 0 aromatic rings. The molecular formula is C9H18O5S. The molecule has 1 fully saturated rings. The maximum absolute atomic E-state index is 10.7. The number of ether oxygens (including phenoxy) is 2. The second-order valence-electron chi connectivity index (χ2n) is 4.12. The van der Waals surface area contributed by atoms with E-state index in [9.17, 15) is 8.42 Å². The zero-order valence-corrected chi connectivity index (χ0v) is 10.2. The van der Waals surface area contributed by atoms with E-state index in [1.807, 2.05) is 13.8 Å². The monoisotopic (exact) mass is 238 g/mol. The molecule has 0 spiro atoms. The minimum atomic E-state index is -3.31. The van der Waals surface area contributed by atoms with Crippen LogP contribution in [-0.2, 0) is 23.8 Å². The van der Waals surface area contributed by atoms with Gasteiger partial charge in [0.05, 0.1) is 25.6 Å². The van der Waals surface area contributed by atoms with Crippen molar-refractivity contribution in [3.05, 3.63) is 0 Å². The fraction of sp³-hybridized carbons (Fsp3) is 1.00. The van der Waals surface area contributed by atoms with Crippen LogP contribution in [0.5, 0.6) is 0 Å². The van der Waals surface area contributed by atoms with E-state index < -0.39 is 15.9 Å². The minimum absolute atomic E-state index is 0.0446. The molecule has 0 aromatic carbocycles. The second kappa shape index (κ2) is 4.78. The first kappa shape index (κ1) is 12.9. The first-order valence-corrected chi connectivity index (χ1v) is 6.76. The van der Waals surface area contributed by atoms with E-state index in [4.69, 9.17) is 9.47 Å². The summed E-state index contributed by atoms with van der Waals surface area (Å²) in [6.45, 7) is 4.49. The summed E-state index contributed by atoms with van der Waals surface area (Å²) in [7, 11) is -3.31. The number of rotatable bonds is 5. The van der Waals surface area contributed by atoms with E-state index in [-0.39, 0.29) is 12.7 Å². The van der Waals surface area contributed by atoms with Crippen molar-refractivity contribution >= 4 is 10.1 Å². The Hall–Kier alpha value is -0.170. The Labute approximate surface area is 90.8 Å². The zero-order chi connectivity index (χ0) is 11.5. The molecule has 1 aliphatic heterocycles. The van der Waals surface area contributed by atoms with E-state index in [1.165, 1.54) is 0 Å². The SMILES string of the molecule is CC1(C)OC[C@H](CCCOS(C)(=O)=O)O1. The molecule has 0 bridgehead atoms. The van der Waals surface area contributed by atoms with Crippen LogP contribution in [-0.4, -0.2) is 39.8 Å². The van der Waals surface area contributed by atoms with Gasteiger partial charge in [0, 0.05) is 0 Å². The lowest BCUT2D eigenvalue weighted by Gasteiger charge is -2.16. The summed E-state index contributed by atoms with van der Waals surface area (Å²) in [6.07, 6.45) is 2.49. The van der Waals surface area contributed by atoms with Crippen molar-refractivity contribution in [3.8, 4) is 0 Å². The lowest BCUT2D eigenvalue weighted by atomic mass is 10.2. The van der Waals surface area contributed by atoms with Crippen LogP contribution in [0.15, 0.2) is 0 Å². The van der Waals surface area contributed by atoms with Crippen molar-refractivity contribution in [3.63, 3.8) is 0 Å². The highest BCUT2D eigenvalue weighted by Gasteiger charge is 2.31. The van der Waals surface area contributed by atoms with Crippen molar-refractivity contribution in [1.29, 1.82) is 0 Å². The average Bonchev–Trinajstić information content (AvgIpc) is 2.38. The molecule has 0 unspecified atom stereocenters. The fourth-order valence-electron chi connectivity index (χ4n) is 1.43. The van der Waals surface area contributed by atoms with Gasteiger partial charge >= 0.3 is 0 Å². The zero-order valence-electron chi connectivity index (χ0n) is 9.36. The summed E-state index contributed by atoms with van der Waals surface area (Å²) < 4.78 is 36.8. The summed E-state index contributed by atoms with van der Waals surface area (Å²) in [5, 5.41) is 0. The molecule has 5 nitrogen and oxygen atoms in total. The predicted molar refractivity (Wildman–Crippen MR) is 54.9 cm³/mol. The molecule has 90 valence electrons. The maximum atomic E-state index is 10.7. The normalized spacial score (nSPS) is 25.7. The topological polar surface area (TPSA) is 61.8 Å². The smallest absolute Gasteiger partial charge is 0.264 e. The highest BCUT2D eigenvalue weighted by molar-refractivity contribution is 7.85. The van der Waals surface area contributed by atoms with Gasteiger partial charge in [-0.3, -0.25) is 4.18 Å². The van der Waals surface area contributed by atoms with E-state index in [0.29, 0.717) is 13.0 Å².